The standard InChI is InChI=1S/C18H18N4O3S.CH2O2/c1-4-10-21-14-7-6-12(26-20-18(3)8-9-18)11-13(14)16(24)22(17(21)25)19-15(23)5-2;2-1-3/h1,5-7,11,20H,2,8-10H2,3H3,(H,19,23);1H,(H,2,3). The van der Waals surface area contributed by atoms with Crippen molar-refractivity contribution in [1.82, 2.24) is 14.0 Å². The number of carbonyl (C=O) groups is 2. The third-order valence-electron chi connectivity index (χ3n) is 4.19. The maximum Gasteiger partial charge on any atom is 0.351 e. The highest BCUT2D eigenvalue weighted by Gasteiger charge is 2.37. The van der Waals surface area contributed by atoms with Crippen molar-refractivity contribution < 1.29 is 14.7 Å². The van der Waals surface area contributed by atoms with Crippen molar-refractivity contribution in [2.24, 2.45) is 0 Å². The second kappa shape index (κ2) is 9.27. The van der Waals surface area contributed by atoms with Crippen LogP contribution in [0, 0.1) is 12.3 Å². The Morgan fingerprint density at radius 2 is 2.10 bits per heavy atom. The SMILES string of the molecule is C#CCn1c(=O)n(NC(=O)C=C)c(=O)c2cc(SNC3(C)CC3)ccc21.O=CO. The minimum absolute atomic E-state index is 0.0254. The van der Waals surface area contributed by atoms with Crippen LogP contribution in [-0.2, 0) is 16.1 Å². The van der Waals surface area contributed by atoms with E-state index in [1.807, 2.05) is 6.07 Å². The van der Waals surface area contributed by atoms with Crippen LogP contribution in [0.15, 0.2) is 45.3 Å². The molecule has 2 aromatic rings. The topological polar surface area (TPSA) is 122 Å². The lowest BCUT2D eigenvalue weighted by atomic mass is 10.2. The minimum atomic E-state index is -0.709. The molecule has 0 aliphatic heterocycles. The Bertz CT molecular complexity index is 1110. The zero-order valence-electron chi connectivity index (χ0n) is 15.7. The molecule has 1 saturated carbocycles. The van der Waals surface area contributed by atoms with Gasteiger partial charge in [0, 0.05) is 10.4 Å². The van der Waals surface area contributed by atoms with E-state index in [-0.39, 0.29) is 23.9 Å². The summed E-state index contributed by atoms with van der Waals surface area (Å²) >= 11 is 1.43. The summed E-state index contributed by atoms with van der Waals surface area (Å²) in [4.78, 5) is 46.1. The van der Waals surface area contributed by atoms with Gasteiger partial charge in [0.05, 0.1) is 17.4 Å². The third kappa shape index (κ3) is 5.16. The minimum Gasteiger partial charge on any atom is -0.483 e. The Labute approximate surface area is 170 Å². The summed E-state index contributed by atoms with van der Waals surface area (Å²) in [6, 6.07) is 5.20. The van der Waals surface area contributed by atoms with E-state index in [9.17, 15) is 14.4 Å². The number of aromatic nitrogens is 2. The number of hydrogen-bond donors (Lipinski definition) is 3. The largest absolute Gasteiger partial charge is 0.483 e. The maximum absolute atomic E-state index is 12.7. The Kier molecular flexibility index (Phi) is 7.03. The van der Waals surface area contributed by atoms with Crippen molar-refractivity contribution in [3.05, 3.63) is 51.7 Å². The predicted octanol–water partition coefficient (Wildman–Crippen LogP) is 0.902. The van der Waals surface area contributed by atoms with Crippen LogP contribution in [0.4, 0.5) is 0 Å². The van der Waals surface area contributed by atoms with Crippen LogP contribution in [0.1, 0.15) is 19.8 Å². The number of terminal acetylenes is 1. The number of carbonyl (C=O) groups excluding carboxylic acids is 1. The summed E-state index contributed by atoms with van der Waals surface area (Å²) in [6.45, 7) is 5.18. The second-order valence-corrected chi connectivity index (χ2v) is 7.32. The molecule has 29 heavy (non-hydrogen) atoms. The van der Waals surface area contributed by atoms with E-state index >= 15 is 0 Å². The highest BCUT2D eigenvalue weighted by molar-refractivity contribution is 7.97. The lowest BCUT2D eigenvalue weighted by Crippen LogP contribution is -2.46. The van der Waals surface area contributed by atoms with Crippen LogP contribution in [0.2, 0.25) is 0 Å². The van der Waals surface area contributed by atoms with Gasteiger partial charge in [0.2, 0.25) is 0 Å². The summed E-state index contributed by atoms with van der Waals surface area (Å²) in [5, 5.41) is 7.18. The molecule has 0 saturated heterocycles. The summed E-state index contributed by atoms with van der Waals surface area (Å²) in [6.07, 6.45) is 8.55. The van der Waals surface area contributed by atoms with Crippen molar-refractivity contribution in [3.8, 4) is 12.3 Å². The molecular weight excluding hydrogens is 396 g/mol. The van der Waals surface area contributed by atoms with E-state index in [1.165, 1.54) is 16.5 Å². The molecule has 1 aliphatic carbocycles. The molecular formula is C19H20N4O5S. The monoisotopic (exact) mass is 416 g/mol. The van der Waals surface area contributed by atoms with Gasteiger partial charge < -0.3 is 5.11 Å². The molecule has 0 radical (unpaired) electrons. The number of fused-ring (bicyclic) bond motifs is 1. The smallest absolute Gasteiger partial charge is 0.351 e. The molecule has 3 rings (SSSR count). The summed E-state index contributed by atoms with van der Waals surface area (Å²) in [5.41, 5.74) is 1.45. The normalized spacial score (nSPS) is 13.5. The molecule has 0 atom stereocenters. The number of benzene rings is 1. The van der Waals surface area contributed by atoms with Gasteiger partial charge in [0.1, 0.15) is 0 Å². The van der Waals surface area contributed by atoms with Gasteiger partial charge in [-0.3, -0.25) is 29.1 Å². The van der Waals surface area contributed by atoms with Gasteiger partial charge in [-0.15, -0.1) is 6.42 Å². The second-order valence-electron chi connectivity index (χ2n) is 6.44. The summed E-state index contributed by atoms with van der Waals surface area (Å²) in [7, 11) is 0. The zero-order chi connectivity index (χ0) is 21.6. The van der Waals surface area contributed by atoms with E-state index in [4.69, 9.17) is 16.3 Å². The van der Waals surface area contributed by atoms with E-state index in [0.29, 0.717) is 10.2 Å². The first kappa shape index (κ1) is 22.0. The summed E-state index contributed by atoms with van der Waals surface area (Å²) < 4.78 is 5.29. The molecule has 10 heteroatoms. The molecule has 0 bridgehead atoms. The molecule has 1 fully saturated rings. The molecule has 9 nitrogen and oxygen atoms in total. The number of amides is 1. The fourth-order valence-corrected chi connectivity index (χ4v) is 3.27. The average molecular weight is 416 g/mol. The van der Waals surface area contributed by atoms with Crippen molar-refractivity contribution in [2.75, 3.05) is 5.43 Å². The first-order chi connectivity index (χ1) is 13.8. The van der Waals surface area contributed by atoms with Gasteiger partial charge >= 0.3 is 5.69 Å². The van der Waals surface area contributed by atoms with E-state index < -0.39 is 17.2 Å². The molecule has 1 aromatic heterocycles. The van der Waals surface area contributed by atoms with E-state index in [2.05, 4.69) is 29.6 Å². The molecule has 1 amide bonds. The highest BCUT2D eigenvalue weighted by atomic mass is 32.2. The lowest BCUT2D eigenvalue weighted by Gasteiger charge is -2.14. The van der Waals surface area contributed by atoms with E-state index in [1.54, 1.807) is 12.1 Å². The van der Waals surface area contributed by atoms with Gasteiger partial charge in [-0.2, -0.15) is 4.68 Å². The number of hydrogen-bond acceptors (Lipinski definition) is 6. The van der Waals surface area contributed by atoms with Crippen LogP contribution in [0.3, 0.4) is 0 Å². The Hall–Kier alpha value is -3.29. The van der Waals surface area contributed by atoms with Crippen LogP contribution >= 0.6 is 11.9 Å². The van der Waals surface area contributed by atoms with Crippen molar-refractivity contribution in [2.45, 2.75) is 36.7 Å². The highest BCUT2D eigenvalue weighted by Crippen LogP contribution is 2.37. The predicted molar refractivity (Wildman–Crippen MR) is 111 cm³/mol. The molecule has 0 unspecified atom stereocenters. The average Bonchev–Trinajstić information content (AvgIpc) is 3.45. The fraction of sp³-hybridized carbons (Fsp3) is 0.263. The molecule has 1 aromatic carbocycles. The Morgan fingerprint density at radius 1 is 1.45 bits per heavy atom. The van der Waals surface area contributed by atoms with Gasteiger partial charge in [0.25, 0.3) is 17.9 Å². The van der Waals surface area contributed by atoms with Crippen molar-refractivity contribution >= 4 is 35.2 Å². The number of rotatable bonds is 6. The Morgan fingerprint density at radius 3 is 2.66 bits per heavy atom. The fourth-order valence-electron chi connectivity index (χ4n) is 2.39. The van der Waals surface area contributed by atoms with Crippen LogP contribution in [0.25, 0.3) is 10.9 Å². The summed E-state index contributed by atoms with van der Waals surface area (Å²) in [5.74, 6) is 1.73. The van der Waals surface area contributed by atoms with Crippen LogP contribution in [0.5, 0.6) is 0 Å². The lowest BCUT2D eigenvalue weighted by molar-refractivity contribution is -0.122. The first-order valence-corrected chi connectivity index (χ1v) is 9.30. The molecule has 1 heterocycles. The number of nitrogens with zero attached hydrogens (tertiary/aromatic N) is 2. The van der Waals surface area contributed by atoms with Gasteiger partial charge in [-0.05, 0) is 56.0 Å². The molecule has 1 aliphatic rings. The first-order valence-electron chi connectivity index (χ1n) is 8.48. The van der Waals surface area contributed by atoms with Crippen LogP contribution in [-0.4, -0.2) is 32.3 Å². The molecule has 152 valence electrons. The quantitative estimate of drug-likeness (QED) is 0.277. The van der Waals surface area contributed by atoms with Crippen LogP contribution < -0.4 is 21.4 Å². The number of carboxylic acid groups (broad SMARTS) is 1. The molecule has 0 spiro atoms. The third-order valence-corrected chi connectivity index (χ3v) is 5.27. The maximum atomic E-state index is 12.7. The van der Waals surface area contributed by atoms with Crippen molar-refractivity contribution in [3.63, 3.8) is 0 Å². The number of nitrogens with one attached hydrogen (secondary N) is 2. The van der Waals surface area contributed by atoms with Crippen molar-refractivity contribution in [1.29, 1.82) is 0 Å². The van der Waals surface area contributed by atoms with Gasteiger partial charge in [0.15, 0.2) is 0 Å². The Balaban J connectivity index is 0.000000941. The zero-order valence-corrected chi connectivity index (χ0v) is 16.5. The molecule has 3 N–H and O–H groups in total. The van der Waals surface area contributed by atoms with Gasteiger partial charge in [-0.1, -0.05) is 12.5 Å². The van der Waals surface area contributed by atoms with Gasteiger partial charge in [-0.25, -0.2) is 4.79 Å². The van der Waals surface area contributed by atoms with E-state index in [0.717, 1.165) is 23.8 Å².